The van der Waals surface area contributed by atoms with Crippen molar-refractivity contribution in [2.75, 3.05) is 19.6 Å². The zero-order valence-corrected chi connectivity index (χ0v) is 14.2. The van der Waals surface area contributed by atoms with E-state index in [1.807, 2.05) is 6.07 Å². The highest BCUT2D eigenvalue weighted by atomic mass is 32.2. The second-order valence-electron chi connectivity index (χ2n) is 6.07. The lowest BCUT2D eigenvalue weighted by molar-refractivity contribution is 0.283. The van der Waals surface area contributed by atoms with E-state index in [0.29, 0.717) is 16.7 Å². The van der Waals surface area contributed by atoms with Crippen LogP contribution < -0.4 is 5.32 Å². The van der Waals surface area contributed by atoms with Gasteiger partial charge in [-0.1, -0.05) is 6.92 Å². The molecule has 2 heterocycles. The van der Waals surface area contributed by atoms with Gasteiger partial charge in [-0.3, -0.25) is 0 Å². The van der Waals surface area contributed by atoms with Crippen LogP contribution in [0.5, 0.6) is 0 Å². The number of piperidine rings is 1. The molecule has 1 aromatic heterocycles. The fourth-order valence-corrected chi connectivity index (χ4v) is 6.11. The first-order valence-electron chi connectivity index (χ1n) is 7.92. The molecule has 1 saturated heterocycles. The van der Waals surface area contributed by atoms with Crippen LogP contribution in [0.2, 0.25) is 0 Å². The maximum absolute atomic E-state index is 12.9. The lowest BCUT2D eigenvalue weighted by Crippen LogP contribution is -2.40. The quantitative estimate of drug-likeness (QED) is 0.873. The standard InChI is InChI=1S/C15H24N2O2S2/c1-2-14-5-6-15(20-14)21(18,19)17(13-3-4-13)11-12-7-9-16-10-8-12/h5-6,12-13,16H,2-4,7-11H2,1H3. The molecule has 1 N–H and O–H groups in total. The monoisotopic (exact) mass is 328 g/mol. The van der Waals surface area contributed by atoms with Crippen LogP contribution in [0, 0.1) is 5.92 Å². The van der Waals surface area contributed by atoms with Crippen LogP contribution in [-0.2, 0) is 16.4 Å². The van der Waals surface area contributed by atoms with Crippen molar-refractivity contribution in [2.24, 2.45) is 5.92 Å². The molecule has 2 aliphatic rings. The molecular weight excluding hydrogens is 304 g/mol. The first-order chi connectivity index (χ1) is 10.1. The maximum Gasteiger partial charge on any atom is 0.252 e. The summed E-state index contributed by atoms with van der Waals surface area (Å²) in [6.07, 6.45) is 5.12. The summed E-state index contributed by atoms with van der Waals surface area (Å²) in [5, 5.41) is 3.35. The van der Waals surface area contributed by atoms with E-state index < -0.39 is 10.0 Å². The molecule has 1 saturated carbocycles. The van der Waals surface area contributed by atoms with E-state index >= 15 is 0 Å². The number of hydrogen-bond acceptors (Lipinski definition) is 4. The van der Waals surface area contributed by atoms with Crippen LogP contribution in [0.1, 0.15) is 37.5 Å². The van der Waals surface area contributed by atoms with Gasteiger partial charge in [-0.25, -0.2) is 8.42 Å². The van der Waals surface area contributed by atoms with Gasteiger partial charge in [-0.05, 0) is 63.2 Å². The Morgan fingerprint density at radius 1 is 1.24 bits per heavy atom. The molecule has 0 spiro atoms. The predicted octanol–water partition coefficient (Wildman–Crippen LogP) is 2.46. The normalized spacial score (nSPS) is 21.0. The Hall–Kier alpha value is -0.430. The molecule has 0 bridgehead atoms. The van der Waals surface area contributed by atoms with Crippen molar-refractivity contribution in [1.82, 2.24) is 9.62 Å². The topological polar surface area (TPSA) is 49.4 Å². The highest BCUT2D eigenvalue weighted by molar-refractivity contribution is 7.91. The van der Waals surface area contributed by atoms with E-state index in [0.717, 1.165) is 50.1 Å². The molecule has 3 rings (SSSR count). The fourth-order valence-electron chi connectivity index (χ4n) is 2.93. The minimum Gasteiger partial charge on any atom is -0.317 e. The molecule has 0 radical (unpaired) electrons. The highest BCUT2D eigenvalue weighted by Crippen LogP contribution is 2.35. The van der Waals surface area contributed by atoms with Gasteiger partial charge in [0.25, 0.3) is 10.0 Å². The second-order valence-corrected chi connectivity index (χ2v) is 9.36. The summed E-state index contributed by atoms with van der Waals surface area (Å²) in [6.45, 7) is 4.80. The van der Waals surface area contributed by atoms with Gasteiger partial charge in [0, 0.05) is 17.5 Å². The SMILES string of the molecule is CCc1ccc(S(=O)(=O)N(CC2CCNCC2)C2CC2)s1. The predicted molar refractivity (Wildman–Crippen MR) is 86.2 cm³/mol. The second kappa shape index (κ2) is 6.36. The average Bonchev–Trinajstić information content (AvgIpc) is 3.20. The lowest BCUT2D eigenvalue weighted by atomic mass is 9.98. The van der Waals surface area contributed by atoms with Crippen molar-refractivity contribution in [1.29, 1.82) is 0 Å². The number of nitrogens with zero attached hydrogens (tertiary/aromatic N) is 1. The van der Waals surface area contributed by atoms with E-state index in [4.69, 9.17) is 0 Å². The van der Waals surface area contributed by atoms with E-state index in [-0.39, 0.29) is 6.04 Å². The molecule has 4 nitrogen and oxygen atoms in total. The van der Waals surface area contributed by atoms with Gasteiger partial charge in [-0.2, -0.15) is 4.31 Å². The lowest BCUT2D eigenvalue weighted by Gasteiger charge is -2.29. The molecule has 0 atom stereocenters. The number of thiophene rings is 1. The first kappa shape index (κ1) is 15.5. The molecule has 1 aliphatic heterocycles. The molecule has 118 valence electrons. The third kappa shape index (κ3) is 3.50. The Balaban J connectivity index is 1.78. The van der Waals surface area contributed by atoms with Gasteiger partial charge in [0.1, 0.15) is 4.21 Å². The Bertz CT molecular complexity index is 572. The van der Waals surface area contributed by atoms with Crippen molar-refractivity contribution in [3.63, 3.8) is 0 Å². The number of sulfonamides is 1. The first-order valence-corrected chi connectivity index (χ1v) is 10.2. The fraction of sp³-hybridized carbons (Fsp3) is 0.733. The van der Waals surface area contributed by atoms with Crippen molar-refractivity contribution in [3.05, 3.63) is 17.0 Å². The number of aryl methyl sites for hydroxylation is 1. The maximum atomic E-state index is 12.9. The molecular formula is C15H24N2O2S2. The third-order valence-corrected chi connectivity index (χ3v) is 8.01. The summed E-state index contributed by atoms with van der Waals surface area (Å²) < 4.78 is 28.2. The molecule has 1 aliphatic carbocycles. The van der Waals surface area contributed by atoms with Crippen molar-refractivity contribution >= 4 is 21.4 Å². The van der Waals surface area contributed by atoms with Gasteiger partial charge in [0.2, 0.25) is 0 Å². The number of nitrogens with one attached hydrogen (secondary N) is 1. The molecule has 2 fully saturated rings. The van der Waals surface area contributed by atoms with Gasteiger partial charge in [0.15, 0.2) is 0 Å². The van der Waals surface area contributed by atoms with Gasteiger partial charge in [-0.15, -0.1) is 11.3 Å². The van der Waals surface area contributed by atoms with Gasteiger partial charge in [0.05, 0.1) is 0 Å². The minimum absolute atomic E-state index is 0.247. The summed E-state index contributed by atoms with van der Waals surface area (Å²) >= 11 is 1.43. The van der Waals surface area contributed by atoms with E-state index in [1.165, 1.54) is 11.3 Å². The number of rotatable bonds is 6. The summed E-state index contributed by atoms with van der Waals surface area (Å²) in [5.41, 5.74) is 0. The summed E-state index contributed by atoms with van der Waals surface area (Å²) in [6, 6.07) is 3.99. The Morgan fingerprint density at radius 3 is 2.52 bits per heavy atom. The molecule has 0 amide bonds. The zero-order chi connectivity index (χ0) is 14.9. The molecule has 6 heteroatoms. The smallest absolute Gasteiger partial charge is 0.252 e. The van der Waals surface area contributed by atoms with Crippen LogP contribution in [0.3, 0.4) is 0 Å². The Labute approximate surface area is 131 Å². The van der Waals surface area contributed by atoms with Crippen LogP contribution >= 0.6 is 11.3 Å². The van der Waals surface area contributed by atoms with Crippen LogP contribution in [-0.4, -0.2) is 38.4 Å². The minimum atomic E-state index is -3.30. The Morgan fingerprint density at radius 2 is 1.95 bits per heavy atom. The van der Waals surface area contributed by atoms with Crippen LogP contribution in [0.25, 0.3) is 0 Å². The Kier molecular flexibility index (Phi) is 4.69. The molecule has 0 unspecified atom stereocenters. The zero-order valence-electron chi connectivity index (χ0n) is 12.5. The summed E-state index contributed by atoms with van der Waals surface area (Å²) in [5.74, 6) is 0.507. The number of hydrogen-bond donors (Lipinski definition) is 1. The summed E-state index contributed by atoms with van der Waals surface area (Å²) in [4.78, 5) is 1.14. The van der Waals surface area contributed by atoms with E-state index in [2.05, 4.69) is 12.2 Å². The summed E-state index contributed by atoms with van der Waals surface area (Å²) in [7, 11) is -3.30. The van der Waals surface area contributed by atoms with Crippen LogP contribution in [0.4, 0.5) is 0 Å². The van der Waals surface area contributed by atoms with Gasteiger partial charge < -0.3 is 5.32 Å². The van der Waals surface area contributed by atoms with Crippen LogP contribution in [0.15, 0.2) is 16.3 Å². The molecule has 0 aromatic carbocycles. The van der Waals surface area contributed by atoms with Gasteiger partial charge >= 0.3 is 0 Å². The van der Waals surface area contributed by atoms with Crippen molar-refractivity contribution in [2.45, 2.75) is 49.3 Å². The van der Waals surface area contributed by atoms with E-state index in [9.17, 15) is 8.42 Å². The highest BCUT2D eigenvalue weighted by Gasteiger charge is 2.39. The molecule has 21 heavy (non-hydrogen) atoms. The largest absolute Gasteiger partial charge is 0.317 e. The molecule has 1 aromatic rings. The third-order valence-electron chi connectivity index (χ3n) is 4.40. The van der Waals surface area contributed by atoms with E-state index in [1.54, 1.807) is 10.4 Å². The van der Waals surface area contributed by atoms with Crippen molar-refractivity contribution < 1.29 is 8.42 Å². The average molecular weight is 329 g/mol. The van der Waals surface area contributed by atoms with Crippen molar-refractivity contribution in [3.8, 4) is 0 Å².